The zero-order valence-corrected chi connectivity index (χ0v) is 9.41. The van der Waals surface area contributed by atoms with Gasteiger partial charge in [0.05, 0.1) is 18.6 Å². The highest BCUT2D eigenvalue weighted by atomic mass is 16.3. The van der Waals surface area contributed by atoms with Gasteiger partial charge in [0.25, 0.3) is 0 Å². The quantitative estimate of drug-likeness (QED) is 0.633. The van der Waals surface area contributed by atoms with Crippen LogP contribution in [0.25, 0.3) is 0 Å². The van der Waals surface area contributed by atoms with Crippen LogP contribution in [0, 0.1) is 5.92 Å². The molecule has 0 aliphatic heterocycles. The largest absolute Gasteiger partial charge is 0.394 e. The van der Waals surface area contributed by atoms with Gasteiger partial charge in [-0.25, -0.2) is 0 Å². The maximum atomic E-state index is 11.8. The number of carbonyl (C=O) groups is 1. The first-order valence-corrected chi connectivity index (χ1v) is 5.85. The van der Waals surface area contributed by atoms with Crippen LogP contribution < -0.4 is 11.1 Å². The highest BCUT2D eigenvalue weighted by molar-refractivity contribution is 5.79. The van der Waals surface area contributed by atoms with Crippen molar-refractivity contribution in [2.24, 2.45) is 11.7 Å². The zero-order valence-electron chi connectivity index (χ0n) is 9.41. The van der Waals surface area contributed by atoms with Crippen molar-refractivity contribution in [2.45, 2.75) is 51.1 Å². The molecule has 15 heavy (non-hydrogen) atoms. The fourth-order valence-electron chi connectivity index (χ4n) is 2.07. The Labute approximate surface area is 91.2 Å². The van der Waals surface area contributed by atoms with Gasteiger partial charge >= 0.3 is 0 Å². The van der Waals surface area contributed by atoms with Crippen molar-refractivity contribution in [3.05, 3.63) is 0 Å². The minimum absolute atomic E-state index is 0.00416. The summed E-state index contributed by atoms with van der Waals surface area (Å²) < 4.78 is 0. The van der Waals surface area contributed by atoms with Crippen LogP contribution in [0.15, 0.2) is 0 Å². The zero-order chi connectivity index (χ0) is 11.3. The van der Waals surface area contributed by atoms with Crippen LogP contribution in [0.1, 0.15) is 39.0 Å². The number of aliphatic hydroxyl groups excluding tert-OH is 1. The number of carbonyl (C=O) groups excluding carboxylic acids is 1. The number of aliphatic hydroxyl groups is 1. The van der Waals surface area contributed by atoms with Crippen LogP contribution in [-0.4, -0.2) is 29.7 Å². The molecule has 3 atom stereocenters. The summed E-state index contributed by atoms with van der Waals surface area (Å²) in [6.07, 6.45) is 4.79. The lowest BCUT2D eigenvalue weighted by molar-refractivity contribution is -0.127. The Kier molecular flexibility index (Phi) is 5.05. The van der Waals surface area contributed by atoms with E-state index >= 15 is 0 Å². The van der Waals surface area contributed by atoms with Crippen molar-refractivity contribution >= 4 is 5.91 Å². The maximum absolute atomic E-state index is 11.8. The first-order chi connectivity index (χ1) is 7.19. The van der Waals surface area contributed by atoms with Gasteiger partial charge in [-0.2, -0.15) is 0 Å². The summed E-state index contributed by atoms with van der Waals surface area (Å²) in [5.74, 6) is -0.0394. The summed E-state index contributed by atoms with van der Waals surface area (Å²) in [7, 11) is 0. The van der Waals surface area contributed by atoms with E-state index in [1.54, 1.807) is 0 Å². The van der Waals surface area contributed by atoms with Crippen molar-refractivity contribution in [1.29, 1.82) is 0 Å². The lowest BCUT2D eigenvalue weighted by Crippen LogP contribution is -2.47. The Bertz CT molecular complexity index is 205. The average molecular weight is 214 g/mol. The summed E-state index contributed by atoms with van der Waals surface area (Å²) in [5, 5.41) is 11.8. The number of nitrogens with one attached hydrogen (secondary N) is 1. The predicted octanol–water partition coefficient (Wildman–Crippen LogP) is 0.391. The van der Waals surface area contributed by atoms with E-state index in [0.29, 0.717) is 0 Å². The van der Waals surface area contributed by atoms with Gasteiger partial charge < -0.3 is 16.2 Å². The van der Waals surface area contributed by atoms with E-state index in [1.165, 1.54) is 0 Å². The Morgan fingerprint density at radius 3 is 2.73 bits per heavy atom. The second kappa shape index (κ2) is 6.08. The first kappa shape index (κ1) is 12.5. The Morgan fingerprint density at radius 1 is 1.53 bits per heavy atom. The van der Waals surface area contributed by atoms with Crippen LogP contribution >= 0.6 is 0 Å². The molecule has 4 heteroatoms. The Hall–Kier alpha value is -0.610. The Balaban J connectivity index is 2.44. The molecule has 88 valence electrons. The fraction of sp³-hybridized carbons (Fsp3) is 0.909. The van der Waals surface area contributed by atoms with Crippen LogP contribution in [0.3, 0.4) is 0 Å². The number of hydrogen-bond acceptors (Lipinski definition) is 3. The van der Waals surface area contributed by atoms with Crippen LogP contribution in [-0.2, 0) is 4.79 Å². The third-order valence-corrected chi connectivity index (χ3v) is 3.22. The van der Waals surface area contributed by atoms with E-state index in [4.69, 9.17) is 10.8 Å². The van der Waals surface area contributed by atoms with Crippen molar-refractivity contribution in [2.75, 3.05) is 6.61 Å². The highest BCUT2D eigenvalue weighted by Gasteiger charge is 2.28. The SMILES string of the molecule is CCC(CO)NC(=O)C1CCCCC1N. The average Bonchev–Trinajstić information content (AvgIpc) is 2.26. The fourth-order valence-corrected chi connectivity index (χ4v) is 2.07. The maximum Gasteiger partial charge on any atom is 0.224 e. The van der Waals surface area contributed by atoms with Gasteiger partial charge in [-0.15, -0.1) is 0 Å². The Morgan fingerprint density at radius 2 is 2.20 bits per heavy atom. The third-order valence-electron chi connectivity index (χ3n) is 3.22. The van der Waals surface area contributed by atoms with Gasteiger partial charge in [-0.3, -0.25) is 4.79 Å². The summed E-state index contributed by atoms with van der Waals surface area (Å²) in [4.78, 5) is 11.8. The third kappa shape index (κ3) is 3.47. The van der Waals surface area contributed by atoms with Crippen LogP contribution in [0.5, 0.6) is 0 Å². The van der Waals surface area contributed by atoms with Gasteiger partial charge in [0, 0.05) is 6.04 Å². The molecule has 0 radical (unpaired) electrons. The van der Waals surface area contributed by atoms with Gasteiger partial charge in [0.1, 0.15) is 0 Å². The lowest BCUT2D eigenvalue weighted by atomic mass is 9.84. The molecule has 1 rings (SSSR count). The highest BCUT2D eigenvalue weighted by Crippen LogP contribution is 2.23. The molecule has 1 amide bonds. The lowest BCUT2D eigenvalue weighted by Gasteiger charge is -2.28. The molecule has 0 saturated heterocycles. The molecular weight excluding hydrogens is 192 g/mol. The van der Waals surface area contributed by atoms with E-state index in [0.717, 1.165) is 32.1 Å². The first-order valence-electron chi connectivity index (χ1n) is 5.85. The van der Waals surface area contributed by atoms with E-state index in [9.17, 15) is 4.79 Å². The molecule has 3 unspecified atom stereocenters. The molecule has 0 heterocycles. The van der Waals surface area contributed by atoms with E-state index in [1.807, 2.05) is 6.92 Å². The number of hydrogen-bond donors (Lipinski definition) is 3. The summed E-state index contributed by atoms with van der Waals surface area (Å²) in [5.41, 5.74) is 5.92. The molecule has 1 aliphatic carbocycles. The van der Waals surface area contributed by atoms with Crippen molar-refractivity contribution in [1.82, 2.24) is 5.32 Å². The standard InChI is InChI=1S/C11H22N2O2/c1-2-8(7-14)13-11(15)9-5-3-4-6-10(9)12/h8-10,14H,2-7,12H2,1H3,(H,13,15). The van der Waals surface area contributed by atoms with E-state index < -0.39 is 0 Å². The summed E-state index contributed by atoms with van der Waals surface area (Å²) in [6.45, 7) is 1.95. The number of nitrogens with two attached hydrogens (primary N) is 1. The molecule has 0 spiro atoms. The minimum Gasteiger partial charge on any atom is -0.394 e. The molecule has 4 N–H and O–H groups in total. The second-order valence-electron chi connectivity index (χ2n) is 4.35. The van der Waals surface area contributed by atoms with E-state index in [-0.39, 0.29) is 30.5 Å². The van der Waals surface area contributed by atoms with Gasteiger partial charge in [-0.1, -0.05) is 19.8 Å². The van der Waals surface area contributed by atoms with Crippen molar-refractivity contribution in [3.8, 4) is 0 Å². The molecular formula is C11H22N2O2. The molecule has 1 aliphatic rings. The molecule has 1 saturated carbocycles. The van der Waals surface area contributed by atoms with Gasteiger partial charge in [0.15, 0.2) is 0 Å². The molecule has 4 nitrogen and oxygen atoms in total. The molecule has 0 aromatic carbocycles. The molecule has 0 aromatic rings. The van der Waals surface area contributed by atoms with Gasteiger partial charge in [-0.05, 0) is 19.3 Å². The van der Waals surface area contributed by atoms with Crippen LogP contribution in [0.2, 0.25) is 0 Å². The monoisotopic (exact) mass is 214 g/mol. The smallest absolute Gasteiger partial charge is 0.224 e. The van der Waals surface area contributed by atoms with Crippen LogP contribution in [0.4, 0.5) is 0 Å². The van der Waals surface area contributed by atoms with Crippen molar-refractivity contribution < 1.29 is 9.90 Å². The van der Waals surface area contributed by atoms with E-state index in [2.05, 4.69) is 5.32 Å². The second-order valence-corrected chi connectivity index (χ2v) is 4.35. The normalized spacial score (nSPS) is 28.5. The summed E-state index contributed by atoms with van der Waals surface area (Å²) in [6, 6.07) is -0.124. The molecule has 0 aromatic heterocycles. The van der Waals surface area contributed by atoms with Crippen molar-refractivity contribution in [3.63, 3.8) is 0 Å². The summed E-state index contributed by atoms with van der Waals surface area (Å²) >= 11 is 0. The predicted molar refractivity (Wildman–Crippen MR) is 59.2 cm³/mol. The molecule has 0 bridgehead atoms. The van der Waals surface area contributed by atoms with Gasteiger partial charge in [0.2, 0.25) is 5.91 Å². The number of rotatable bonds is 4. The molecule has 1 fully saturated rings. The minimum atomic E-state index is -0.119. The topological polar surface area (TPSA) is 75.3 Å². The number of amides is 1.